The molecule has 0 radical (unpaired) electrons. The van der Waals surface area contributed by atoms with Gasteiger partial charge in [-0.1, -0.05) is 62.1 Å². The molecular weight excluding hydrogens is 452 g/mol. The lowest BCUT2D eigenvalue weighted by Crippen LogP contribution is -2.49. The van der Waals surface area contributed by atoms with Crippen molar-refractivity contribution in [1.82, 2.24) is 15.2 Å². The molecule has 0 aliphatic carbocycles. The lowest BCUT2D eigenvalue weighted by molar-refractivity contribution is -0.142. The van der Waals surface area contributed by atoms with E-state index >= 15 is 0 Å². The summed E-state index contributed by atoms with van der Waals surface area (Å²) in [5.74, 6) is -0.0350. The molecule has 1 aromatic carbocycles. The van der Waals surface area contributed by atoms with E-state index in [2.05, 4.69) is 39.8 Å². The van der Waals surface area contributed by atoms with Gasteiger partial charge in [-0.25, -0.2) is 9.78 Å². The van der Waals surface area contributed by atoms with Gasteiger partial charge in [-0.3, -0.25) is 9.69 Å². The van der Waals surface area contributed by atoms with Gasteiger partial charge in [0, 0.05) is 18.8 Å². The lowest BCUT2D eigenvalue weighted by atomic mass is 10.0. The maximum absolute atomic E-state index is 12.9. The quantitative estimate of drug-likeness (QED) is 0.355. The van der Waals surface area contributed by atoms with Gasteiger partial charge in [-0.15, -0.1) is 0 Å². The summed E-state index contributed by atoms with van der Waals surface area (Å²) < 4.78 is 0. The first-order valence-electron chi connectivity index (χ1n) is 13.6. The fourth-order valence-electron chi connectivity index (χ4n) is 5.35. The Hall–Kier alpha value is -2.93. The summed E-state index contributed by atoms with van der Waals surface area (Å²) in [5.41, 5.74) is 3.64. The molecule has 194 valence electrons. The van der Waals surface area contributed by atoms with Gasteiger partial charge in [0.25, 0.3) is 0 Å². The summed E-state index contributed by atoms with van der Waals surface area (Å²) in [6.45, 7) is 2.59. The minimum absolute atomic E-state index is 0.150. The maximum Gasteiger partial charge on any atom is 0.326 e. The van der Waals surface area contributed by atoms with Gasteiger partial charge in [-0.05, 0) is 68.7 Å². The number of aromatic nitrogens is 1. The molecule has 2 aromatic rings. The number of amides is 1. The summed E-state index contributed by atoms with van der Waals surface area (Å²) in [6, 6.07) is 13.4. The zero-order valence-corrected chi connectivity index (χ0v) is 21.3. The standard InChI is InChI=1S/C29H40N4O3/c34-28(26-16-10-20-33(26)21-22-11-5-4-6-12-22)32-25(29(35)36)15-8-3-1-2-7-14-24-18-17-23-13-9-19-30-27(23)31-24/h4-6,11-12,17-18,25-26H,1-3,7-10,13-16,19-21H2,(H,30,31)(H,32,34)(H,35,36)/t25-,26-/m0/s1. The third kappa shape index (κ3) is 7.53. The third-order valence-electron chi connectivity index (χ3n) is 7.39. The van der Waals surface area contributed by atoms with Crippen molar-refractivity contribution in [3.05, 3.63) is 59.3 Å². The summed E-state index contributed by atoms with van der Waals surface area (Å²) in [7, 11) is 0. The molecule has 2 aliphatic rings. The van der Waals surface area contributed by atoms with Crippen LogP contribution in [0.2, 0.25) is 0 Å². The van der Waals surface area contributed by atoms with Crippen molar-refractivity contribution in [2.45, 2.75) is 89.3 Å². The highest BCUT2D eigenvalue weighted by Gasteiger charge is 2.32. The Morgan fingerprint density at radius 1 is 1.06 bits per heavy atom. The van der Waals surface area contributed by atoms with Crippen molar-refractivity contribution < 1.29 is 14.7 Å². The number of hydrogen-bond donors (Lipinski definition) is 3. The number of aliphatic carboxylic acids is 1. The van der Waals surface area contributed by atoms with Crippen molar-refractivity contribution in [3.8, 4) is 0 Å². The van der Waals surface area contributed by atoms with E-state index in [-0.39, 0.29) is 11.9 Å². The molecule has 7 heteroatoms. The summed E-state index contributed by atoms with van der Waals surface area (Å²) >= 11 is 0. The number of pyridine rings is 1. The van der Waals surface area contributed by atoms with E-state index in [0.717, 1.165) is 82.4 Å². The minimum atomic E-state index is -0.942. The van der Waals surface area contributed by atoms with Crippen LogP contribution < -0.4 is 10.6 Å². The van der Waals surface area contributed by atoms with Crippen molar-refractivity contribution in [2.24, 2.45) is 0 Å². The van der Waals surface area contributed by atoms with E-state index in [0.29, 0.717) is 13.0 Å². The number of carbonyl (C=O) groups is 2. The normalized spacial score (nSPS) is 18.3. The van der Waals surface area contributed by atoms with Crippen LogP contribution in [0, 0.1) is 0 Å². The molecule has 2 aliphatic heterocycles. The molecule has 0 bridgehead atoms. The monoisotopic (exact) mass is 492 g/mol. The summed E-state index contributed by atoms with van der Waals surface area (Å²) in [6.07, 6.45) is 10.5. The molecule has 0 saturated carbocycles. The van der Waals surface area contributed by atoms with Gasteiger partial charge < -0.3 is 15.7 Å². The number of likely N-dealkylation sites (tertiary alicyclic amines) is 1. The molecular formula is C29H40N4O3. The number of nitrogens with one attached hydrogen (secondary N) is 2. The van der Waals surface area contributed by atoms with Crippen LogP contribution >= 0.6 is 0 Å². The number of anilines is 1. The molecule has 36 heavy (non-hydrogen) atoms. The molecule has 0 unspecified atom stereocenters. The number of rotatable bonds is 13. The minimum Gasteiger partial charge on any atom is -0.480 e. The number of nitrogens with zero attached hydrogens (tertiary/aromatic N) is 2. The van der Waals surface area contributed by atoms with E-state index in [1.165, 1.54) is 17.5 Å². The number of unbranched alkanes of at least 4 members (excludes halogenated alkanes) is 4. The molecule has 7 nitrogen and oxygen atoms in total. The topological polar surface area (TPSA) is 94.6 Å². The van der Waals surface area contributed by atoms with Crippen LogP contribution in [0.1, 0.15) is 74.6 Å². The second kappa shape index (κ2) is 13.4. The van der Waals surface area contributed by atoms with Crippen molar-refractivity contribution >= 4 is 17.7 Å². The van der Waals surface area contributed by atoms with Crippen molar-refractivity contribution in [1.29, 1.82) is 0 Å². The highest BCUT2D eigenvalue weighted by atomic mass is 16.4. The van der Waals surface area contributed by atoms with Crippen LogP contribution in [0.15, 0.2) is 42.5 Å². The summed E-state index contributed by atoms with van der Waals surface area (Å²) in [5, 5.41) is 15.9. The van der Waals surface area contributed by atoms with Gasteiger partial charge in [0.2, 0.25) is 5.91 Å². The number of carbonyl (C=O) groups excluding carboxylic acids is 1. The molecule has 1 aromatic heterocycles. The van der Waals surface area contributed by atoms with Gasteiger partial charge in [0.15, 0.2) is 0 Å². The Morgan fingerprint density at radius 3 is 2.69 bits per heavy atom. The number of aryl methyl sites for hydroxylation is 2. The van der Waals surface area contributed by atoms with Crippen LogP contribution in [-0.4, -0.2) is 52.0 Å². The predicted molar refractivity (Wildman–Crippen MR) is 142 cm³/mol. The molecule has 3 N–H and O–H groups in total. The van der Waals surface area contributed by atoms with Crippen LogP contribution in [0.5, 0.6) is 0 Å². The van der Waals surface area contributed by atoms with Crippen LogP contribution in [0.25, 0.3) is 0 Å². The highest BCUT2D eigenvalue weighted by Crippen LogP contribution is 2.22. The zero-order chi connectivity index (χ0) is 25.2. The first-order valence-corrected chi connectivity index (χ1v) is 13.6. The second-order valence-corrected chi connectivity index (χ2v) is 10.2. The Balaban J connectivity index is 1.14. The Morgan fingerprint density at radius 2 is 1.86 bits per heavy atom. The highest BCUT2D eigenvalue weighted by molar-refractivity contribution is 5.87. The Kier molecular flexibility index (Phi) is 9.73. The van der Waals surface area contributed by atoms with Gasteiger partial charge in [0.05, 0.1) is 6.04 Å². The molecule has 4 rings (SSSR count). The average Bonchev–Trinajstić information content (AvgIpc) is 3.36. The number of carboxylic acids is 1. The average molecular weight is 493 g/mol. The molecule has 1 amide bonds. The Bertz CT molecular complexity index is 997. The number of benzene rings is 1. The largest absolute Gasteiger partial charge is 0.480 e. The fourth-order valence-corrected chi connectivity index (χ4v) is 5.35. The molecule has 1 saturated heterocycles. The van der Waals surface area contributed by atoms with Gasteiger partial charge in [-0.2, -0.15) is 0 Å². The lowest BCUT2D eigenvalue weighted by Gasteiger charge is -2.25. The van der Waals surface area contributed by atoms with E-state index < -0.39 is 12.0 Å². The zero-order valence-electron chi connectivity index (χ0n) is 21.3. The molecule has 3 heterocycles. The number of carboxylic acid groups (broad SMARTS) is 1. The van der Waals surface area contributed by atoms with Crippen LogP contribution in [0.3, 0.4) is 0 Å². The van der Waals surface area contributed by atoms with Crippen molar-refractivity contribution in [2.75, 3.05) is 18.4 Å². The van der Waals surface area contributed by atoms with Crippen LogP contribution in [-0.2, 0) is 29.0 Å². The SMILES string of the molecule is O=C(O)[C@H](CCCCCCCc1ccc2c(n1)NCCC2)NC(=O)[C@@H]1CCCN1Cc1ccccc1. The van der Waals surface area contributed by atoms with Crippen molar-refractivity contribution in [3.63, 3.8) is 0 Å². The predicted octanol–water partition coefficient (Wildman–Crippen LogP) is 4.56. The summed E-state index contributed by atoms with van der Waals surface area (Å²) in [4.78, 5) is 31.7. The van der Waals surface area contributed by atoms with Gasteiger partial charge in [0.1, 0.15) is 11.9 Å². The van der Waals surface area contributed by atoms with E-state index in [1.54, 1.807) is 0 Å². The number of hydrogen-bond acceptors (Lipinski definition) is 5. The third-order valence-corrected chi connectivity index (χ3v) is 7.39. The maximum atomic E-state index is 12.9. The Labute approximate surface area is 214 Å². The first-order chi connectivity index (χ1) is 17.6. The molecule has 1 fully saturated rings. The molecule has 0 spiro atoms. The van der Waals surface area contributed by atoms with E-state index in [9.17, 15) is 14.7 Å². The second-order valence-electron chi connectivity index (χ2n) is 10.2. The first kappa shape index (κ1) is 26.1. The van der Waals surface area contributed by atoms with Crippen LogP contribution in [0.4, 0.5) is 5.82 Å². The molecule has 2 atom stereocenters. The van der Waals surface area contributed by atoms with Gasteiger partial charge >= 0.3 is 5.97 Å². The van der Waals surface area contributed by atoms with E-state index in [1.807, 2.05) is 18.2 Å². The van der Waals surface area contributed by atoms with E-state index in [4.69, 9.17) is 4.98 Å². The smallest absolute Gasteiger partial charge is 0.326 e. The fraction of sp³-hybridized carbons (Fsp3) is 0.552. The number of fused-ring (bicyclic) bond motifs is 1.